The molecule has 3 heterocycles. The van der Waals surface area contributed by atoms with E-state index in [1.807, 2.05) is 19.9 Å². The van der Waals surface area contributed by atoms with Gasteiger partial charge in [-0.2, -0.15) is 12.6 Å². The molecule has 0 aromatic carbocycles. The maximum Gasteiger partial charge on any atom is 0.329 e. The SMILES string of the molecule is C=CCC1=CC(C)C[C@H](C)C[C@H](OC)C2O[C@@](O)(C(=O)C(=O)N3CCCC[C@H]3C(=O)O[C@H](C(C)=C[C@@H]3CCC(S)[C@H](OC)C3)[C@H](C)[C@@H](O)CC1=O)[C@H](C)C[C@@H]2OC. The number of hydrogen-bond acceptors (Lipinski definition) is 12. The normalized spacial score (nSPS) is 40.1. The number of hydrogen-bond donors (Lipinski definition) is 3. The predicted molar refractivity (Wildman–Crippen MR) is 219 cm³/mol. The number of aliphatic hydroxyl groups excluding tert-OH is 1. The summed E-state index contributed by atoms with van der Waals surface area (Å²) in [6.07, 6.45) is 6.76. The minimum atomic E-state index is -2.50. The number of nitrogens with zero attached hydrogens (tertiary/aromatic N) is 1. The first-order valence-corrected chi connectivity index (χ1v) is 21.4. The van der Waals surface area contributed by atoms with Crippen molar-refractivity contribution in [2.45, 2.75) is 159 Å². The molecule has 4 rings (SSSR count). The van der Waals surface area contributed by atoms with E-state index in [1.54, 1.807) is 27.0 Å². The molecule has 57 heavy (non-hydrogen) atoms. The predicted octanol–water partition coefficient (Wildman–Crippen LogP) is 5.58. The van der Waals surface area contributed by atoms with E-state index in [0.29, 0.717) is 43.3 Å². The maximum atomic E-state index is 14.3. The highest BCUT2D eigenvalue weighted by Gasteiger charge is 2.56. The second-order valence-electron chi connectivity index (χ2n) is 17.3. The van der Waals surface area contributed by atoms with Crippen molar-refractivity contribution in [1.29, 1.82) is 0 Å². The third kappa shape index (κ3) is 11.5. The first-order valence-electron chi connectivity index (χ1n) is 20.9. The third-order valence-electron chi connectivity index (χ3n) is 12.8. The van der Waals surface area contributed by atoms with Crippen LogP contribution in [0, 0.1) is 29.6 Å². The van der Waals surface area contributed by atoms with Gasteiger partial charge in [0.1, 0.15) is 18.2 Å². The molecule has 0 radical (unpaired) electrons. The minimum Gasteiger partial charge on any atom is -0.456 e. The van der Waals surface area contributed by atoms with Gasteiger partial charge in [0.05, 0.1) is 24.4 Å². The maximum absolute atomic E-state index is 14.3. The van der Waals surface area contributed by atoms with Crippen molar-refractivity contribution in [3.63, 3.8) is 0 Å². The van der Waals surface area contributed by atoms with Crippen LogP contribution in [0.4, 0.5) is 0 Å². The number of ketones is 2. The smallest absolute Gasteiger partial charge is 0.329 e. The molecule has 2 bridgehead atoms. The van der Waals surface area contributed by atoms with Crippen molar-refractivity contribution in [3.05, 3.63) is 36.0 Å². The van der Waals surface area contributed by atoms with Crippen molar-refractivity contribution in [1.82, 2.24) is 4.90 Å². The second-order valence-corrected chi connectivity index (χ2v) is 17.9. The number of fused-ring (bicyclic) bond motifs is 3. The Balaban J connectivity index is 1.78. The summed E-state index contributed by atoms with van der Waals surface area (Å²) in [5.74, 6) is -7.05. The number of methoxy groups -OCH3 is 3. The minimum absolute atomic E-state index is 0.0405. The molecule has 2 saturated heterocycles. The van der Waals surface area contributed by atoms with Gasteiger partial charge in [-0.15, -0.1) is 6.58 Å². The molecule has 13 heteroatoms. The summed E-state index contributed by atoms with van der Waals surface area (Å²) in [7, 11) is 4.74. The molecule has 0 aromatic heterocycles. The number of piperidine rings is 1. The number of allylic oxidation sites excluding steroid dienone is 4. The average Bonchev–Trinajstić information content (AvgIpc) is 3.18. The van der Waals surface area contributed by atoms with E-state index < -0.39 is 71.8 Å². The fraction of sp³-hybridized carbons (Fsp3) is 0.773. The third-order valence-corrected chi connectivity index (χ3v) is 13.4. The number of ether oxygens (including phenoxy) is 5. The van der Waals surface area contributed by atoms with Crippen LogP contribution in [-0.2, 0) is 42.9 Å². The summed E-state index contributed by atoms with van der Waals surface area (Å²) in [4.78, 5) is 57.9. The van der Waals surface area contributed by atoms with Gasteiger partial charge in [-0.3, -0.25) is 14.4 Å². The van der Waals surface area contributed by atoms with E-state index in [2.05, 4.69) is 19.6 Å². The van der Waals surface area contributed by atoms with Gasteiger partial charge in [0.25, 0.3) is 11.7 Å². The molecule has 1 saturated carbocycles. The van der Waals surface area contributed by atoms with Gasteiger partial charge in [-0.25, -0.2) is 4.79 Å². The molecule has 0 spiro atoms. The summed E-state index contributed by atoms with van der Waals surface area (Å²) < 4.78 is 30.0. The highest BCUT2D eigenvalue weighted by molar-refractivity contribution is 7.81. The quantitative estimate of drug-likeness (QED) is 0.128. The van der Waals surface area contributed by atoms with E-state index in [4.69, 9.17) is 36.3 Å². The van der Waals surface area contributed by atoms with Gasteiger partial charge in [0, 0.05) is 51.4 Å². The van der Waals surface area contributed by atoms with Crippen LogP contribution in [0.25, 0.3) is 0 Å². The van der Waals surface area contributed by atoms with E-state index in [-0.39, 0.29) is 60.7 Å². The van der Waals surface area contributed by atoms with Crippen molar-refractivity contribution in [2.24, 2.45) is 29.6 Å². The van der Waals surface area contributed by atoms with Crippen molar-refractivity contribution in [2.75, 3.05) is 27.9 Å². The summed E-state index contributed by atoms with van der Waals surface area (Å²) in [6, 6.07) is -1.12. The van der Waals surface area contributed by atoms with Gasteiger partial charge in [0.2, 0.25) is 5.79 Å². The largest absolute Gasteiger partial charge is 0.456 e. The number of amides is 1. The lowest BCUT2D eigenvalue weighted by atomic mass is 9.81. The van der Waals surface area contributed by atoms with Gasteiger partial charge < -0.3 is 38.8 Å². The molecule has 322 valence electrons. The molecular weight excluding hydrogens is 751 g/mol. The number of rotatable bonds is 7. The lowest BCUT2D eigenvalue weighted by molar-refractivity contribution is -0.302. The van der Waals surface area contributed by atoms with Gasteiger partial charge in [0.15, 0.2) is 5.78 Å². The van der Waals surface area contributed by atoms with Gasteiger partial charge in [-0.1, -0.05) is 45.9 Å². The Kier molecular flexibility index (Phi) is 17.6. The molecule has 3 unspecified atom stereocenters. The van der Waals surface area contributed by atoms with E-state index in [1.165, 1.54) is 19.1 Å². The van der Waals surface area contributed by atoms with Crippen molar-refractivity contribution >= 4 is 36.1 Å². The monoisotopic (exact) mass is 819 g/mol. The van der Waals surface area contributed by atoms with E-state index >= 15 is 0 Å². The zero-order chi connectivity index (χ0) is 42.2. The zero-order valence-corrected chi connectivity index (χ0v) is 36.3. The number of Topliss-reactive ketones (excluding diaryl/α,β-unsaturated/α-hetero) is 2. The Morgan fingerprint density at radius 3 is 2.28 bits per heavy atom. The first-order chi connectivity index (χ1) is 27.0. The van der Waals surface area contributed by atoms with Crippen molar-refractivity contribution in [3.8, 4) is 0 Å². The Morgan fingerprint density at radius 1 is 0.965 bits per heavy atom. The number of carbonyl (C=O) groups excluding carboxylic acids is 4. The number of thiol groups is 1. The summed E-state index contributed by atoms with van der Waals surface area (Å²) >= 11 is 4.70. The fourth-order valence-corrected chi connectivity index (χ4v) is 9.84. The van der Waals surface area contributed by atoms with Crippen LogP contribution in [0.5, 0.6) is 0 Å². The zero-order valence-electron chi connectivity index (χ0n) is 35.4. The van der Waals surface area contributed by atoms with Crippen LogP contribution in [0.15, 0.2) is 36.0 Å². The Labute approximate surface area is 345 Å². The lowest BCUT2D eigenvalue weighted by Gasteiger charge is -2.47. The van der Waals surface area contributed by atoms with Crippen LogP contribution in [-0.4, -0.2) is 120 Å². The number of carbonyl (C=O) groups is 4. The molecule has 12 nitrogen and oxygen atoms in total. The molecule has 4 aliphatic rings. The second kappa shape index (κ2) is 21.2. The van der Waals surface area contributed by atoms with Crippen LogP contribution < -0.4 is 0 Å². The highest BCUT2D eigenvalue weighted by Crippen LogP contribution is 2.39. The topological polar surface area (TPSA) is 158 Å². The van der Waals surface area contributed by atoms with Gasteiger partial charge >= 0.3 is 5.97 Å². The molecule has 3 fully saturated rings. The van der Waals surface area contributed by atoms with Gasteiger partial charge in [-0.05, 0) is 100 Å². The molecule has 3 aliphatic heterocycles. The average molecular weight is 820 g/mol. The molecule has 0 aromatic rings. The van der Waals surface area contributed by atoms with E-state index in [9.17, 15) is 29.4 Å². The Morgan fingerprint density at radius 2 is 1.63 bits per heavy atom. The molecule has 14 atom stereocenters. The fourth-order valence-electron chi connectivity index (χ4n) is 9.44. The standard InChI is InChI=1S/C44H69NO11S/c1-10-13-31-19-25(2)18-26(3)20-36(53-8)40-37(54-9)22-28(5)44(51,56-40)41(48)42(49)45-17-12-11-14-32(45)43(50)55-39(29(6)33(46)24-34(31)47)27(4)21-30-15-16-38(57)35(23-30)52-7/h10,19,21,25-26,28-30,32-33,35-40,46,51,57H,1,11-18,20,22-24H2,2-9H3/t25?,26-,28+,29+,30-,32-,33-,35+,36-,37-,38?,39+,40?,44+/m0/s1. The number of esters is 1. The molecule has 1 amide bonds. The van der Waals surface area contributed by atoms with Crippen LogP contribution in [0.1, 0.15) is 105 Å². The Bertz CT molecular complexity index is 1480. The van der Waals surface area contributed by atoms with Crippen LogP contribution >= 0.6 is 12.6 Å². The van der Waals surface area contributed by atoms with Crippen LogP contribution in [0.3, 0.4) is 0 Å². The number of aliphatic hydroxyl groups is 2. The summed E-state index contributed by atoms with van der Waals surface area (Å²) in [6.45, 7) is 13.3. The van der Waals surface area contributed by atoms with Crippen molar-refractivity contribution < 1.29 is 53.1 Å². The highest BCUT2D eigenvalue weighted by atomic mass is 32.1. The summed E-state index contributed by atoms with van der Waals surface area (Å²) in [5.41, 5.74) is 1.25. The summed E-state index contributed by atoms with van der Waals surface area (Å²) in [5, 5.41) is 23.9. The lowest BCUT2D eigenvalue weighted by Crippen LogP contribution is -2.64. The molecule has 2 N–H and O–H groups in total. The number of cyclic esters (lactones) is 1. The van der Waals surface area contributed by atoms with Crippen LogP contribution in [0.2, 0.25) is 0 Å². The molecular formula is C44H69NO11S. The first kappa shape index (κ1) is 47.3. The Hall–Kier alpha value is -2.39. The molecule has 1 aliphatic carbocycles. The van der Waals surface area contributed by atoms with E-state index in [0.717, 1.165) is 19.3 Å².